The quantitative estimate of drug-likeness (QED) is 0.516. The van der Waals surface area contributed by atoms with Crippen molar-refractivity contribution in [3.05, 3.63) is 24.3 Å². The maximum Gasteiger partial charge on any atom is 0.251 e. The SMILES string of the molecule is COc1cccc(N2C(=O)[C@H](C=NC3CC3)C(=O)NC2=S)c1. The Morgan fingerprint density at radius 2 is 2.18 bits per heavy atom. The van der Waals surface area contributed by atoms with Crippen molar-refractivity contribution >= 4 is 41.0 Å². The van der Waals surface area contributed by atoms with E-state index in [2.05, 4.69) is 10.3 Å². The van der Waals surface area contributed by atoms with Crippen LogP contribution in [-0.4, -0.2) is 36.3 Å². The summed E-state index contributed by atoms with van der Waals surface area (Å²) in [5.41, 5.74) is 0.555. The lowest BCUT2D eigenvalue weighted by Crippen LogP contribution is -2.58. The molecule has 0 unspecified atom stereocenters. The molecule has 7 heteroatoms. The molecule has 1 aliphatic carbocycles. The fraction of sp³-hybridized carbons (Fsp3) is 0.333. The number of benzene rings is 1. The summed E-state index contributed by atoms with van der Waals surface area (Å²) in [7, 11) is 1.54. The van der Waals surface area contributed by atoms with E-state index in [0.717, 1.165) is 12.8 Å². The van der Waals surface area contributed by atoms with Gasteiger partial charge in [-0.1, -0.05) is 6.07 Å². The van der Waals surface area contributed by atoms with Gasteiger partial charge in [0.25, 0.3) is 5.91 Å². The fourth-order valence-electron chi connectivity index (χ4n) is 2.15. The Hall–Kier alpha value is -2.28. The molecule has 1 aromatic rings. The molecule has 0 bridgehead atoms. The first-order chi connectivity index (χ1) is 10.6. The number of hydrogen-bond donors (Lipinski definition) is 1. The van der Waals surface area contributed by atoms with E-state index in [1.165, 1.54) is 11.1 Å². The average Bonchev–Trinajstić information content (AvgIpc) is 3.31. The molecule has 1 atom stereocenters. The molecule has 0 radical (unpaired) electrons. The number of carbonyl (C=O) groups excluding carboxylic acids is 2. The zero-order valence-corrected chi connectivity index (χ0v) is 12.8. The van der Waals surface area contributed by atoms with E-state index in [0.29, 0.717) is 11.4 Å². The summed E-state index contributed by atoms with van der Waals surface area (Å²) in [6, 6.07) is 7.20. The maximum atomic E-state index is 12.6. The molecule has 1 saturated heterocycles. The van der Waals surface area contributed by atoms with Gasteiger partial charge in [0.15, 0.2) is 11.0 Å². The van der Waals surface area contributed by atoms with Crippen LogP contribution in [0.1, 0.15) is 12.8 Å². The second-order valence-electron chi connectivity index (χ2n) is 5.18. The van der Waals surface area contributed by atoms with Gasteiger partial charge in [-0.05, 0) is 37.2 Å². The van der Waals surface area contributed by atoms with Gasteiger partial charge in [-0.3, -0.25) is 19.5 Å². The van der Waals surface area contributed by atoms with Crippen LogP contribution in [0.3, 0.4) is 0 Å². The molecule has 0 aromatic heterocycles. The highest BCUT2D eigenvalue weighted by atomic mass is 32.1. The summed E-state index contributed by atoms with van der Waals surface area (Å²) in [6.07, 6.45) is 3.46. The molecule has 2 amide bonds. The molecule has 1 aromatic carbocycles. The van der Waals surface area contributed by atoms with Gasteiger partial charge in [-0.15, -0.1) is 0 Å². The molecule has 1 N–H and O–H groups in total. The Labute approximate surface area is 133 Å². The number of aliphatic imine (C=N–C) groups is 1. The van der Waals surface area contributed by atoms with E-state index in [-0.39, 0.29) is 11.2 Å². The van der Waals surface area contributed by atoms with Crippen LogP contribution in [0.25, 0.3) is 0 Å². The highest BCUT2D eigenvalue weighted by molar-refractivity contribution is 7.80. The number of hydrogen-bond acceptors (Lipinski definition) is 5. The van der Waals surface area contributed by atoms with Crippen LogP contribution < -0.4 is 15.0 Å². The number of amides is 2. The lowest BCUT2D eigenvalue weighted by molar-refractivity contribution is -0.130. The van der Waals surface area contributed by atoms with Gasteiger partial charge in [0.05, 0.1) is 12.8 Å². The van der Waals surface area contributed by atoms with Crippen molar-refractivity contribution in [2.24, 2.45) is 10.9 Å². The number of rotatable bonds is 4. The summed E-state index contributed by atoms with van der Waals surface area (Å²) in [6.45, 7) is 0. The van der Waals surface area contributed by atoms with Gasteiger partial charge in [-0.2, -0.15) is 0 Å². The first-order valence-electron chi connectivity index (χ1n) is 6.96. The standard InChI is InChI=1S/C15H15N3O3S/c1-21-11-4-2-3-10(7-11)18-14(20)12(8-16-9-5-6-9)13(19)17-15(18)22/h2-4,7-9,12H,5-6H2,1H3,(H,17,19,22)/t12-/m1/s1. The van der Waals surface area contributed by atoms with Crippen molar-refractivity contribution in [1.29, 1.82) is 0 Å². The minimum atomic E-state index is -0.946. The number of anilines is 1. The first kappa shape index (κ1) is 14.6. The molecule has 114 valence electrons. The Balaban J connectivity index is 1.89. The second kappa shape index (κ2) is 5.84. The van der Waals surface area contributed by atoms with E-state index in [1.54, 1.807) is 31.4 Å². The van der Waals surface area contributed by atoms with Crippen LogP contribution in [0.15, 0.2) is 29.3 Å². The topological polar surface area (TPSA) is 71.0 Å². The first-order valence-corrected chi connectivity index (χ1v) is 7.37. The van der Waals surface area contributed by atoms with Gasteiger partial charge in [0.2, 0.25) is 5.91 Å². The number of carbonyl (C=O) groups is 2. The van der Waals surface area contributed by atoms with Gasteiger partial charge < -0.3 is 10.1 Å². The lowest BCUT2D eigenvalue weighted by atomic mass is 10.1. The van der Waals surface area contributed by atoms with Crippen molar-refractivity contribution in [2.45, 2.75) is 18.9 Å². The molecule has 1 heterocycles. The summed E-state index contributed by atoms with van der Waals surface area (Å²) in [5.74, 6) is -1.17. The van der Waals surface area contributed by atoms with Crippen LogP contribution in [0.4, 0.5) is 5.69 Å². The number of methoxy groups -OCH3 is 1. The number of nitrogens with zero attached hydrogens (tertiary/aromatic N) is 2. The summed E-state index contributed by atoms with van der Waals surface area (Å²) < 4.78 is 5.16. The number of thiocarbonyl (C=S) groups is 1. The molecule has 3 rings (SSSR count). The predicted octanol–water partition coefficient (Wildman–Crippen LogP) is 1.29. The van der Waals surface area contributed by atoms with Crippen molar-refractivity contribution in [2.75, 3.05) is 12.0 Å². The number of ether oxygens (including phenoxy) is 1. The smallest absolute Gasteiger partial charge is 0.251 e. The normalized spacial score (nSPS) is 22.1. The number of nitrogens with one attached hydrogen (secondary N) is 1. The third-order valence-corrected chi connectivity index (χ3v) is 3.79. The third-order valence-electron chi connectivity index (χ3n) is 3.51. The zero-order valence-electron chi connectivity index (χ0n) is 12.0. The van der Waals surface area contributed by atoms with Gasteiger partial charge in [0.1, 0.15) is 5.75 Å². The van der Waals surface area contributed by atoms with E-state index in [4.69, 9.17) is 17.0 Å². The Morgan fingerprint density at radius 1 is 1.41 bits per heavy atom. The molecule has 22 heavy (non-hydrogen) atoms. The molecule has 1 saturated carbocycles. The van der Waals surface area contributed by atoms with Crippen LogP contribution in [0, 0.1) is 5.92 Å². The maximum absolute atomic E-state index is 12.6. The van der Waals surface area contributed by atoms with Gasteiger partial charge in [0, 0.05) is 18.3 Å². The predicted molar refractivity (Wildman–Crippen MR) is 86.2 cm³/mol. The van der Waals surface area contributed by atoms with Crippen LogP contribution in [0.2, 0.25) is 0 Å². The molecule has 1 aliphatic heterocycles. The highest BCUT2D eigenvalue weighted by Crippen LogP contribution is 2.26. The van der Waals surface area contributed by atoms with Gasteiger partial charge >= 0.3 is 0 Å². The molecule has 2 fully saturated rings. The summed E-state index contributed by atoms with van der Waals surface area (Å²) >= 11 is 5.13. The van der Waals surface area contributed by atoms with Crippen LogP contribution in [0.5, 0.6) is 5.75 Å². The summed E-state index contributed by atoms with van der Waals surface area (Å²) in [4.78, 5) is 30.2. The average molecular weight is 317 g/mol. The molecular weight excluding hydrogens is 302 g/mol. The van der Waals surface area contributed by atoms with Crippen molar-refractivity contribution in [3.63, 3.8) is 0 Å². The summed E-state index contributed by atoms with van der Waals surface area (Å²) in [5, 5.41) is 2.62. The Kier molecular flexibility index (Phi) is 3.89. The van der Waals surface area contributed by atoms with E-state index < -0.39 is 17.7 Å². The monoisotopic (exact) mass is 317 g/mol. The van der Waals surface area contributed by atoms with Crippen LogP contribution >= 0.6 is 12.2 Å². The molecular formula is C15H15N3O3S. The lowest BCUT2D eigenvalue weighted by Gasteiger charge is -2.31. The fourth-order valence-corrected chi connectivity index (χ4v) is 2.44. The van der Waals surface area contributed by atoms with E-state index in [9.17, 15) is 9.59 Å². The van der Waals surface area contributed by atoms with E-state index in [1.807, 2.05) is 0 Å². The van der Waals surface area contributed by atoms with Gasteiger partial charge in [-0.25, -0.2) is 0 Å². The van der Waals surface area contributed by atoms with Crippen molar-refractivity contribution < 1.29 is 14.3 Å². The Morgan fingerprint density at radius 3 is 2.86 bits per heavy atom. The minimum absolute atomic E-state index is 0.0688. The van der Waals surface area contributed by atoms with Crippen molar-refractivity contribution in [3.8, 4) is 5.75 Å². The zero-order chi connectivity index (χ0) is 15.7. The van der Waals surface area contributed by atoms with Crippen LogP contribution in [-0.2, 0) is 9.59 Å². The Bertz CT molecular complexity index is 670. The molecule has 0 spiro atoms. The molecule has 6 nitrogen and oxygen atoms in total. The third kappa shape index (κ3) is 2.85. The molecule has 2 aliphatic rings. The minimum Gasteiger partial charge on any atom is -0.497 e. The van der Waals surface area contributed by atoms with Crippen molar-refractivity contribution in [1.82, 2.24) is 5.32 Å². The second-order valence-corrected chi connectivity index (χ2v) is 5.56. The highest BCUT2D eigenvalue weighted by Gasteiger charge is 2.38. The largest absolute Gasteiger partial charge is 0.497 e. The van der Waals surface area contributed by atoms with E-state index >= 15 is 0 Å².